The third kappa shape index (κ3) is 7.07. The summed E-state index contributed by atoms with van der Waals surface area (Å²) in [5.74, 6) is -0.188. The highest BCUT2D eigenvalue weighted by Gasteiger charge is 2.47. The molecular weight excluding hydrogens is 490 g/mol. The van der Waals surface area contributed by atoms with Crippen molar-refractivity contribution in [2.75, 3.05) is 13.1 Å². The van der Waals surface area contributed by atoms with Crippen LogP contribution in [0.4, 0.5) is 26.3 Å². The predicted octanol–water partition coefficient (Wildman–Crippen LogP) is 8.41. The van der Waals surface area contributed by atoms with Crippen LogP contribution < -0.4 is 0 Å². The lowest BCUT2D eigenvalue weighted by Gasteiger charge is -2.35. The molecule has 0 bridgehead atoms. The fraction of sp³-hybridized carbons (Fsp3) is 0.552. The van der Waals surface area contributed by atoms with Gasteiger partial charge in [0, 0.05) is 12.6 Å². The smallest absolute Gasteiger partial charge is 0.301 e. The molecule has 0 spiro atoms. The fourth-order valence-electron chi connectivity index (χ4n) is 5.62. The molecule has 1 fully saturated rings. The lowest BCUT2D eigenvalue weighted by atomic mass is 9.67. The summed E-state index contributed by atoms with van der Waals surface area (Å²) in [6.45, 7) is 5.59. The Labute approximate surface area is 215 Å². The van der Waals surface area contributed by atoms with Gasteiger partial charge in [0.1, 0.15) is 0 Å². The van der Waals surface area contributed by atoms with E-state index in [2.05, 4.69) is 36.9 Å². The molecule has 1 atom stereocenters. The number of alkyl halides is 6. The van der Waals surface area contributed by atoms with E-state index < -0.39 is 28.9 Å². The molecule has 202 valence electrons. The molecule has 1 saturated carbocycles. The van der Waals surface area contributed by atoms with Gasteiger partial charge in [0.05, 0.1) is 22.6 Å². The number of benzene rings is 2. The van der Waals surface area contributed by atoms with Crippen LogP contribution >= 0.6 is 0 Å². The largest absolute Gasteiger partial charge is 0.417 e. The van der Waals surface area contributed by atoms with Crippen molar-refractivity contribution >= 4 is 0 Å². The van der Waals surface area contributed by atoms with Gasteiger partial charge in [-0.25, -0.2) is 0 Å². The summed E-state index contributed by atoms with van der Waals surface area (Å²) in [6, 6.07) is 14.8. The second-order valence-corrected chi connectivity index (χ2v) is 10.3. The summed E-state index contributed by atoms with van der Waals surface area (Å²) in [5, 5.41) is 10.4. The standard InChI is InChI=1S/C29H34F6N2/c1-21(2)37(18-15-22-9-4-3-5-10-22)17-8-16-27(20-36,23-11-6-7-12-23)24-13-14-25(28(30,31)32)26(19-24)29(33,34)35/h3-5,9-10,13-14,19,21,23H,6-8,11-12,15-18H2,1-2H3. The monoisotopic (exact) mass is 524 g/mol. The third-order valence-electron chi connectivity index (χ3n) is 7.67. The Kier molecular flexibility index (Phi) is 9.33. The first kappa shape index (κ1) is 29.0. The molecule has 3 rings (SSSR count). The highest BCUT2D eigenvalue weighted by Crippen LogP contribution is 2.48. The van der Waals surface area contributed by atoms with E-state index in [0.717, 1.165) is 31.9 Å². The molecule has 0 aliphatic heterocycles. The maximum Gasteiger partial charge on any atom is 0.417 e. The second kappa shape index (κ2) is 11.9. The van der Waals surface area contributed by atoms with Crippen LogP contribution in [0, 0.1) is 17.2 Å². The molecule has 1 aliphatic rings. The molecule has 0 heterocycles. The van der Waals surface area contributed by atoms with Gasteiger partial charge in [0.2, 0.25) is 0 Å². The Morgan fingerprint density at radius 2 is 1.51 bits per heavy atom. The van der Waals surface area contributed by atoms with Crippen molar-refractivity contribution < 1.29 is 26.3 Å². The zero-order chi connectivity index (χ0) is 27.3. The lowest BCUT2D eigenvalue weighted by Crippen LogP contribution is -2.37. The van der Waals surface area contributed by atoms with Crippen molar-refractivity contribution in [1.29, 1.82) is 5.26 Å². The highest BCUT2D eigenvalue weighted by molar-refractivity contribution is 5.43. The molecule has 0 radical (unpaired) electrons. The van der Waals surface area contributed by atoms with E-state index in [1.165, 1.54) is 5.56 Å². The first-order valence-corrected chi connectivity index (χ1v) is 12.9. The second-order valence-electron chi connectivity index (χ2n) is 10.3. The van der Waals surface area contributed by atoms with E-state index in [1.807, 2.05) is 18.2 Å². The lowest BCUT2D eigenvalue weighted by molar-refractivity contribution is -0.162. The average molecular weight is 525 g/mol. The van der Waals surface area contributed by atoms with Crippen molar-refractivity contribution in [2.24, 2.45) is 5.92 Å². The van der Waals surface area contributed by atoms with Crippen LogP contribution in [0.3, 0.4) is 0 Å². The van der Waals surface area contributed by atoms with Crippen molar-refractivity contribution in [3.63, 3.8) is 0 Å². The first-order valence-electron chi connectivity index (χ1n) is 12.9. The molecule has 1 unspecified atom stereocenters. The fourth-order valence-corrected chi connectivity index (χ4v) is 5.62. The van der Waals surface area contributed by atoms with E-state index in [1.54, 1.807) is 0 Å². The minimum absolute atomic E-state index is 0.0441. The van der Waals surface area contributed by atoms with Gasteiger partial charge in [0.25, 0.3) is 0 Å². The normalized spacial score (nSPS) is 16.8. The van der Waals surface area contributed by atoms with Crippen LogP contribution in [-0.2, 0) is 24.2 Å². The van der Waals surface area contributed by atoms with Gasteiger partial charge in [-0.3, -0.25) is 0 Å². The van der Waals surface area contributed by atoms with Crippen LogP contribution in [0.25, 0.3) is 0 Å². The third-order valence-corrected chi connectivity index (χ3v) is 7.67. The average Bonchev–Trinajstić information content (AvgIpc) is 3.38. The van der Waals surface area contributed by atoms with Gasteiger partial charge in [-0.1, -0.05) is 49.2 Å². The van der Waals surface area contributed by atoms with E-state index in [-0.39, 0.29) is 17.5 Å². The van der Waals surface area contributed by atoms with Crippen LogP contribution in [0.1, 0.15) is 74.6 Å². The van der Waals surface area contributed by atoms with E-state index in [0.29, 0.717) is 44.4 Å². The zero-order valence-electron chi connectivity index (χ0n) is 21.3. The van der Waals surface area contributed by atoms with Gasteiger partial charge in [-0.2, -0.15) is 31.6 Å². The number of hydrogen-bond acceptors (Lipinski definition) is 2. The summed E-state index contributed by atoms with van der Waals surface area (Å²) in [4.78, 5) is 2.28. The maximum atomic E-state index is 13.7. The Morgan fingerprint density at radius 3 is 2.05 bits per heavy atom. The van der Waals surface area contributed by atoms with Gasteiger partial charge in [-0.15, -0.1) is 0 Å². The summed E-state index contributed by atoms with van der Waals surface area (Å²) in [5.41, 5.74) is -3.45. The zero-order valence-corrected chi connectivity index (χ0v) is 21.3. The van der Waals surface area contributed by atoms with Crippen molar-refractivity contribution in [3.8, 4) is 6.07 Å². The maximum absolute atomic E-state index is 13.7. The van der Waals surface area contributed by atoms with Gasteiger partial charge >= 0.3 is 12.4 Å². The van der Waals surface area contributed by atoms with Crippen molar-refractivity contribution in [3.05, 3.63) is 70.8 Å². The van der Waals surface area contributed by atoms with Crippen LogP contribution in [0.15, 0.2) is 48.5 Å². The highest BCUT2D eigenvalue weighted by atomic mass is 19.4. The molecule has 0 amide bonds. The number of hydrogen-bond donors (Lipinski definition) is 0. The van der Waals surface area contributed by atoms with Crippen LogP contribution in [-0.4, -0.2) is 24.0 Å². The molecule has 0 saturated heterocycles. The Hall–Kier alpha value is -2.53. The van der Waals surface area contributed by atoms with Crippen LogP contribution in [0.2, 0.25) is 0 Å². The molecule has 1 aliphatic carbocycles. The first-order chi connectivity index (χ1) is 17.4. The molecular formula is C29H34F6N2. The Balaban J connectivity index is 1.87. The topological polar surface area (TPSA) is 27.0 Å². The Morgan fingerprint density at radius 1 is 0.892 bits per heavy atom. The molecule has 2 aromatic rings. The summed E-state index contributed by atoms with van der Waals surface area (Å²) < 4.78 is 81.3. The Bertz CT molecular complexity index is 1050. The molecule has 0 aromatic heterocycles. The summed E-state index contributed by atoms with van der Waals surface area (Å²) >= 11 is 0. The molecule has 0 N–H and O–H groups in total. The molecule has 8 heteroatoms. The molecule has 2 nitrogen and oxygen atoms in total. The number of nitriles is 1. The van der Waals surface area contributed by atoms with Gasteiger partial charge < -0.3 is 4.90 Å². The minimum atomic E-state index is -5.18. The molecule has 2 aromatic carbocycles. The number of nitrogens with zero attached hydrogens (tertiary/aromatic N) is 2. The van der Waals surface area contributed by atoms with Gasteiger partial charge in [0.15, 0.2) is 0 Å². The summed E-state index contributed by atoms with van der Waals surface area (Å²) in [6.07, 6.45) is -5.54. The molecule has 37 heavy (non-hydrogen) atoms. The summed E-state index contributed by atoms with van der Waals surface area (Å²) in [7, 11) is 0. The minimum Gasteiger partial charge on any atom is -0.301 e. The van der Waals surface area contributed by atoms with Crippen molar-refractivity contribution in [1.82, 2.24) is 4.90 Å². The number of halogens is 6. The predicted molar refractivity (Wildman–Crippen MR) is 132 cm³/mol. The van der Waals surface area contributed by atoms with E-state index >= 15 is 0 Å². The SMILES string of the molecule is CC(C)N(CCCC(C#N)(c1ccc(C(F)(F)F)c(C(F)(F)F)c1)C1CCCC1)CCc1ccccc1. The van der Waals surface area contributed by atoms with Crippen LogP contribution in [0.5, 0.6) is 0 Å². The van der Waals surface area contributed by atoms with Gasteiger partial charge in [-0.05, 0) is 81.7 Å². The number of rotatable bonds is 10. The quantitative estimate of drug-likeness (QED) is 0.292. The van der Waals surface area contributed by atoms with Crippen molar-refractivity contribution in [2.45, 2.75) is 82.6 Å². The van der Waals surface area contributed by atoms with E-state index in [4.69, 9.17) is 0 Å². The van der Waals surface area contributed by atoms with E-state index in [9.17, 15) is 31.6 Å².